The Labute approximate surface area is 139 Å². The number of hydrogen-bond donors (Lipinski definition) is 1. The molecule has 0 saturated carbocycles. The predicted molar refractivity (Wildman–Crippen MR) is 91.1 cm³/mol. The minimum absolute atomic E-state index is 0.139. The number of nitrogens with zero attached hydrogens (tertiary/aromatic N) is 5. The van der Waals surface area contributed by atoms with Crippen LogP contribution in [-0.4, -0.2) is 40.2 Å². The van der Waals surface area contributed by atoms with Crippen molar-refractivity contribution in [1.29, 1.82) is 0 Å². The van der Waals surface area contributed by atoms with Crippen molar-refractivity contribution < 1.29 is 4.79 Å². The van der Waals surface area contributed by atoms with Gasteiger partial charge in [-0.05, 0) is 46.3 Å². The van der Waals surface area contributed by atoms with Crippen molar-refractivity contribution in [2.75, 3.05) is 19.0 Å². The number of carbonyl (C=O) groups is 1. The van der Waals surface area contributed by atoms with Crippen LogP contribution in [0.15, 0.2) is 54.9 Å². The summed E-state index contributed by atoms with van der Waals surface area (Å²) in [6.45, 7) is 0.468. The molecule has 0 aliphatic carbocycles. The number of amides is 1. The van der Waals surface area contributed by atoms with Crippen LogP contribution >= 0.6 is 0 Å². The molecular formula is C17H18N6O. The monoisotopic (exact) mass is 322 g/mol. The Balaban J connectivity index is 1.69. The molecule has 3 aromatic rings. The van der Waals surface area contributed by atoms with Gasteiger partial charge in [0, 0.05) is 31.9 Å². The molecule has 3 rings (SSSR count). The molecule has 1 amide bonds. The maximum absolute atomic E-state index is 12.4. The van der Waals surface area contributed by atoms with E-state index in [1.165, 1.54) is 11.0 Å². The molecule has 1 N–H and O–H groups in total. The molecule has 122 valence electrons. The van der Waals surface area contributed by atoms with Crippen molar-refractivity contribution in [1.82, 2.24) is 25.5 Å². The molecule has 0 aliphatic rings. The number of nitrogens with one attached hydrogen (secondary N) is 1. The number of anilines is 1. The lowest BCUT2D eigenvalue weighted by atomic mass is 10.1. The Hall–Kier alpha value is -3.22. The summed E-state index contributed by atoms with van der Waals surface area (Å²) in [5.74, 6) is -0.139. The van der Waals surface area contributed by atoms with Crippen LogP contribution in [0.4, 0.5) is 5.69 Å². The quantitative estimate of drug-likeness (QED) is 0.773. The first-order chi connectivity index (χ1) is 11.6. The van der Waals surface area contributed by atoms with Gasteiger partial charge in [0.1, 0.15) is 6.33 Å². The molecule has 0 spiro atoms. The van der Waals surface area contributed by atoms with E-state index in [-0.39, 0.29) is 5.91 Å². The molecule has 7 heteroatoms. The molecule has 2 aromatic carbocycles. The maximum Gasteiger partial charge on any atom is 0.251 e. The van der Waals surface area contributed by atoms with Crippen molar-refractivity contribution in [3.63, 3.8) is 0 Å². The Morgan fingerprint density at radius 2 is 2.00 bits per heavy atom. The number of tetrazole rings is 1. The number of carbonyl (C=O) groups excluding carboxylic acids is 1. The first-order valence-corrected chi connectivity index (χ1v) is 7.51. The predicted octanol–water partition coefficient (Wildman–Crippen LogP) is 1.66. The molecule has 0 aliphatic heterocycles. The van der Waals surface area contributed by atoms with Gasteiger partial charge >= 0.3 is 0 Å². The SMILES string of the molecule is CN(C)c1cccc(CNC(=O)c2cccc(-n3cnnn3)c2)c1. The van der Waals surface area contributed by atoms with Gasteiger partial charge in [-0.3, -0.25) is 4.79 Å². The van der Waals surface area contributed by atoms with Crippen molar-refractivity contribution in [3.05, 3.63) is 66.0 Å². The van der Waals surface area contributed by atoms with E-state index in [9.17, 15) is 4.79 Å². The molecule has 1 aromatic heterocycles. The summed E-state index contributed by atoms with van der Waals surface area (Å²) in [4.78, 5) is 14.4. The summed E-state index contributed by atoms with van der Waals surface area (Å²) in [5, 5.41) is 14.0. The highest BCUT2D eigenvalue weighted by Crippen LogP contribution is 2.14. The third kappa shape index (κ3) is 3.57. The van der Waals surface area contributed by atoms with Gasteiger partial charge in [-0.25, -0.2) is 4.68 Å². The fourth-order valence-corrected chi connectivity index (χ4v) is 2.30. The van der Waals surface area contributed by atoms with E-state index in [1.807, 2.05) is 43.3 Å². The molecule has 24 heavy (non-hydrogen) atoms. The minimum Gasteiger partial charge on any atom is -0.378 e. The molecule has 0 radical (unpaired) electrons. The van der Waals surface area contributed by atoms with E-state index in [1.54, 1.807) is 18.2 Å². The Kier molecular flexibility index (Phi) is 4.51. The lowest BCUT2D eigenvalue weighted by Gasteiger charge is -2.14. The highest BCUT2D eigenvalue weighted by molar-refractivity contribution is 5.94. The second-order valence-electron chi connectivity index (χ2n) is 5.55. The Bertz CT molecular complexity index is 829. The van der Waals surface area contributed by atoms with Crippen LogP contribution in [0.3, 0.4) is 0 Å². The number of hydrogen-bond acceptors (Lipinski definition) is 5. The molecular weight excluding hydrogens is 304 g/mol. The zero-order valence-corrected chi connectivity index (χ0v) is 13.5. The first-order valence-electron chi connectivity index (χ1n) is 7.51. The van der Waals surface area contributed by atoms with Crippen LogP contribution in [0, 0.1) is 0 Å². The molecule has 0 atom stereocenters. The smallest absolute Gasteiger partial charge is 0.251 e. The zero-order valence-electron chi connectivity index (χ0n) is 13.5. The van der Waals surface area contributed by atoms with Gasteiger partial charge in [0.25, 0.3) is 5.91 Å². The lowest BCUT2D eigenvalue weighted by molar-refractivity contribution is 0.0951. The van der Waals surface area contributed by atoms with Gasteiger partial charge < -0.3 is 10.2 Å². The number of rotatable bonds is 5. The van der Waals surface area contributed by atoms with E-state index in [0.717, 1.165) is 16.9 Å². The highest BCUT2D eigenvalue weighted by atomic mass is 16.1. The summed E-state index contributed by atoms with van der Waals surface area (Å²) < 4.78 is 1.51. The van der Waals surface area contributed by atoms with Gasteiger partial charge in [0.2, 0.25) is 0 Å². The number of aromatic nitrogens is 4. The molecule has 0 fully saturated rings. The van der Waals surface area contributed by atoms with Crippen LogP contribution in [-0.2, 0) is 6.54 Å². The van der Waals surface area contributed by atoms with Crippen molar-refractivity contribution in [3.8, 4) is 5.69 Å². The highest BCUT2D eigenvalue weighted by Gasteiger charge is 2.08. The first kappa shape index (κ1) is 15.7. The molecule has 0 unspecified atom stereocenters. The standard InChI is InChI=1S/C17H18N6O/c1-22(2)15-7-3-5-13(9-15)11-18-17(24)14-6-4-8-16(10-14)23-12-19-20-21-23/h3-10,12H,11H2,1-2H3,(H,18,24). The van der Waals surface area contributed by atoms with Crippen LogP contribution in [0.1, 0.15) is 15.9 Å². The van der Waals surface area contributed by atoms with Crippen LogP contribution in [0.2, 0.25) is 0 Å². The lowest BCUT2D eigenvalue weighted by Crippen LogP contribution is -2.23. The molecule has 0 saturated heterocycles. The normalized spacial score (nSPS) is 10.4. The second kappa shape index (κ2) is 6.91. The van der Waals surface area contributed by atoms with E-state index < -0.39 is 0 Å². The third-order valence-corrected chi connectivity index (χ3v) is 3.60. The van der Waals surface area contributed by atoms with E-state index in [0.29, 0.717) is 12.1 Å². The Morgan fingerprint density at radius 3 is 2.75 bits per heavy atom. The summed E-state index contributed by atoms with van der Waals surface area (Å²) in [5.41, 5.74) is 3.45. The van der Waals surface area contributed by atoms with Crippen LogP contribution in [0.25, 0.3) is 5.69 Å². The number of benzene rings is 2. The fourth-order valence-electron chi connectivity index (χ4n) is 2.30. The van der Waals surface area contributed by atoms with Gasteiger partial charge in [-0.15, -0.1) is 5.10 Å². The minimum atomic E-state index is -0.139. The van der Waals surface area contributed by atoms with E-state index in [4.69, 9.17) is 0 Å². The topological polar surface area (TPSA) is 75.9 Å². The average Bonchev–Trinajstić information content (AvgIpc) is 3.15. The summed E-state index contributed by atoms with van der Waals surface area (Å²) >= 11 is 0. The van der Waals surface area contributed by atoms with Gasteiger partial charge in [-0.1, -0.05) is 18.2 Å². The van der Waals surface area contributed by atoms with Crippen molar-refractivity contribution >= 4 is 11.6 Å². The molecule has 1 heterocycles. The van der Waals surface area contributed by atoms with Crippen LogP contribution < -0.4 is 10.2 Å². The Morgan fingerprint density at radius 1 is 1.17 bits per heavy atom. The van der Waals surface area contributed by atoms with E-state index in [2.05, 4.69) is 26.9 Å². The second-order valence-corrected chi connectivity index (χ2v) is 5.55. The van der Waals surface area contributed by atoms with E-state index >= 15 is 0 Å². The zero-order chi connectivity index (χ0) is 16.9. The summed E-state index contributed by atoms with van der Waals surface area (Å²) in [7, 11) is 3.98. The molecule has 0 bridgehead atoms. The average molecular weight is 322 g/mol. The van der Waals surface area contributed by atoms with Crippen molar-refractivity contribution in [2.45, 2.75) is 6.54 Å². The van der Waals surface area contributed by atoms with Crippen LogP contribution in [0.5, 0.6) is 0 Å². The fraction of sp³-hybridized carbons (Fsp3) is 0.176. The van der Waals surface area contributed by atoms with Gasteiger partial charge in [0.05, 0.1) is 5.69 Å². The van der Waals surface area contributed by atoms with Crippen molar-refractivity contribution in [2.24, 2.45) is 0 Å². The maximum atomic E-state index is 12.4. The molecule has 7 nitrogen and oxygen atoms in total. The third-order valence-electron chi connectivity index (χ3n) is 3.60. The van der Waals surface area contributed by atoms with Gasteiger partial charge in [0.15, 0.2) is 0 Å². The van der Waals surface area contributed by atoms with Gasteiger partial charge in [-0.2, -0.15) is 0 Å². The summed E-state index contributed by atoms with van der Waals surface area (Å²) in [6, 6.07) is 15.2. The largest absolute Gasteiger partial charge is 0.378 e. The summed E-state index contributed by atoms with van der Waals surface area (Å²) in [6.07, 6.45) is 1.49.